The second-order valence-electron chi connectivity index (χ2n) is 6.76. The molecule has 1 rings (SSSR count). The summed E-state index contributed by atoms with van der Waals surface area (Å²) in [7, 11) is 0. The smallest absolute Gasteiger partial charge is 0.0363 e. The second-order valence-corrected chi connectivity index (χ2v) is 6.76. The van der Waals surface area contributed by atoms with Gasteiger partial charge in [0, 0.05) is 30.5 Å². The Morgan fingerprint density at radius 3 is 2.35 bits per heavy atom. The molecule has 2 nitrogen and oxygen atoms in total. The molecule has 1 N–H and O–H groups in total. The van der Waals surface area contributed by atoms with Gasteiger partial charge in [-0.1, -0.05) is 20.8 Å². The lowest BCUT2D eigenvalue weighted by molar-refractivity contribution is 0.239. The van der Waals surface area contributed by atoms with Gasteiger partial charge in [-0.05, 0) is 44.7 Å². The second kappa shape index (κ2) is 5.26. The van der Waals surface area contributed by atoms with Crippen LogP contribution in [0, 0.1) is 5.41 Å². The third kappa shape index (κ3) is 4.95. The summed E-state index contributed by atoms with van der Waals surface area (Å²) in [5.41, 5.74) is 1.92. The van der Waals surface area contributed by atoms with Crippen LogP contribution in [0.1, 0.15) is 53.7 Å². The first-order valence-electron chi connectivity index (χ1n) is 6.62. The Morgan fingerprint density at radius 1 is 1.18 bits per heavy atom. The normalized spacial score (nSPS) is 13.1. The van der Waals surface area contributed by atoms with Crippen LogP contribution in [-0.4, -0.2) is 10.1 Å². The summed E-state index contributed by atoms with van der Waals surface area (Å²) in [5, 5.41) is 3.67. The highest BCUT2D eigenvalue weighted by atomic mass is 15.0. The Morgan fingerprint density at radius 2 is 1.82 bits per heavy atom. The maximum Gasteiger partial charge on any atom is 0.0363 e. The summed E-state index contributed by atoms with van der Waals surface area (Å²) in [6.45, 7) is 15.6. The van der Waals surface area contributed by atoms with Crippen LogP contribution in [0.25, 0.3) is 0 Å². The molecule has 17 heavy (non-hydrogen) atoms. The zero-order chi connectivity index (χ0) is 13.1. The third-order valence-electron chi connectivity index (χ3n) is 2.98. The molecule has 0 atom stereocenters. The highest BCUT2D eigenvalue weighted by Gasteiger charge is 2.24. The van der Waals surface area contributed by atoms with Gasteiger partial charge in [0.25, 0.3) is 0 Å². The molecule has 98 valence electrons. The first-order valence-corrected chi connectivity index (χ1v) is 6.62. The summed E-state index contributed by atoms with van der Waals surface area (Å²) in [6.07, 6.45) is 3.32. The van der Waals surface area contributed by atoms with Gasteiger partial charge in [0.1, 0.15) is 0 Å². The fourth-order valence-electron chi connectivity index (χ4n) is 2.64. The molecule has 2 heteroatoms. The van der Waals surface area contributed by atoms with Crippen molar-refractivity contribution in [2.24, 2.45) is 5.41 Å². The zero-order valence-corrected chi connectivity index (χ0v) is 12.3. The maximum absolute atomic E-state index is 3.67. The number of rotatable bonds is 5. The van der Waals surface area contributed by atoms with Crippen LogP contribution in [0.4, 0.5) is 0 Å². The Bertz CT molecular complexity index is 342. The van der Waals surface area contributed by atoms with Crippen molar-refractivity contribution in [1.82, 2.24) is 9.88 Å². The predicted molar refractivity (Wildman–Crippen MR) is 75.1 cm³/mol. The van der Waals surface area contributed by atoms with Crippen molar-refractivity contribution in [3.8, 4) is 0 Å². The standard InChI is InChI=1S/C15H28N2/c1-7-17-10-8-9-13(17)11-16-15(5,6)12-14(2,3)4/h8-10,16H,7,11-12H2,1-6H3. The fourth-order valence-corrected chi connectivity index (χ4v) is 2.64. The zero-order valence-electron chi connectivity index (χ0n) is 12.3. The van der Waals surface area contributed by atoms with Crippen LogP contribution in [0.2, 0.25) is 0 Å². The lowest BCUT2D eigenvalue weighted by Gasteiger charge is -2.33. The summed E-state index contributed by atoms with van der Waals surface area (Å²) in [4.78, 5) is 0. The van der Waals surface area contributed by atoms with E-state index in [1.54, 1.807) is 0 Å². The van der Waals surface area contributed by atoms with Crippen molar-refractivity contribution >= 4 is 0 Å². The van der Waals surface area contributed by atoms with Crippen molar-refractivity contribution in [2.45, 2.75) is 66.6 Å². The quantitative estimate of drug-likeness (QED) is 0.822. The molecule has 0 aliphatic heterocycles. The molecule has 0 unspecified atom stereocenters. The van der Waals surface area contributed by atoms with E-state index in [9.17, 15) is 0 Å². The first-order chi connectivity index (χ1) is 7.73. The highest BCUT2D eigenvalue weighted by Crippen LogP contribution is 2.27. The van der Waals surface area contributed by atoms with Crippen LogP contribution >= 0.6 is 0 Å². The summed E-state index contributed by atoms with van der Waals surface area (Å²) < 4.78 is 2.29. The first kappa shape index (κ1) is 14.3. The summed E-state index contributed by atoms with van der Waals surface area (Å²) >= 11 is 0. The number of hydrogen-bond acceptors (Lipinski definition) is 1. The molecule has 0 aliphatic rings. The van der Waals surface area contributed by atoms with Crippen LogP contribution in [0.15, 0.2) is 18.3 Å². The molecule has 0 aromatic carbocycles. The van der Waals surface area contributed by atoms with Gasteiger partial charge < -0.3 is 9.88 Å². The van der Waals surface area contributed by atoms with Crippen molar-refractivity contribution < 1.29 is 0 Å². The van der Waals surface area contributed by atoms with Gasteiger partial charge in [0.2, 0.25) is 0 Å². The molecule has 1 aromatic rings. The minimum absolute atomic E-state index is 0.182. The van der Waals surface area contributed by atoms with Crippen molar-refractivity contribution in [3.05, 3.63) is 24.0 Å². The fraction of sp³-hybridized carbons (Fsp3) is 0.733. The van der Waals surface area contributed by atoms with E-state index in [0.717, 1.165) is 13.1 Å². The van der Waals surface area contributed by atoms with E-state index in [4.69, 9.17) is 0 Å². The molecule has 0 saturated heterocycles. The average molecular weight is 236 g/mol. The van der Waals surface area contributed by atoms with Crippen molar-refractivity contribution in [1.29, 1.82) is 0 Å². The number of aromatic nitrogens is 1. The predicted octanol–water partition coefficient (Wildman–Crippen LogP) is 3.81. The van der Waals surface area contributed by atoms with E-state index in [1.165, 1.54) is 12.1 Å². The van der Waals surface area contributed by atoms with Gasteiger partial charge in [0.05, 0.1) is 0 Å². The van der Waals surface area contributed by atoms with Gasteiger partial charge in [-0.25, -0.2) is 0 Å². The van der Waals surface area contributed by atoms with E-state index in [2.05, 4.69) is 69.8 Å². The number of hydrogen-bond donors (Lipinski definition) is 1. The minimum atomic E-state index is 0.182. The van der Waals surface area contributed by atoms with Gasteiger partial charge in [-0.3, -0.25) is 0 Å². The molecule has 1 heterocycles. The Hall–Kier alpha value is -0.760. The van der Waals surface area contributed by atoms with Gasteiger partial charge in [-0.2, -0.15) is 0 Å². The molecule has 1 aromatic heterocycles. The lowest BCUT2D eigenvalue weighted by atomic mass is 9.82. The Labute approximate surface area is 106 Å². The minimum Gasteiger partial charge on any atom is -0.351 e. The average Bonchev–Trinajstić information content (AvgIpc) is 2.58. The Balaban J connectivity index is 2.55. The topological polar surface area (TPSA) is 17.0 Å². The van der Waals surface area contributed by atoms with E-state index in [0.29, 0.717) is 5.41 Å². The van der Waals surface area contributed by atoms with Crippen molar-refractivity contribution in [3.63, 3.8) is 0 Å². The van der Waals surface area contributed by atoms with Crippen LogP contribution in [0.3, 0.4) is 0 Å². The summed E-state index contributed by atoms with van der Waals surface area (Å²) in [5.74, 6) is 0. The van der Waals surface area contributed by atoms with Gasteiger partial charge >= 0.3 is 0 Å². The van der Waals surface area contributed by atoms with E-state index in [-0.39, 0.29) is 5.54 Å². The van der Waals surface area contributed by atoms with E-state index in [1.807, 2.05) is 0 Å². The number of aryl methyl sites for hydroxylation is 1. The third-order valence-corrected chi connectivity index (χ3v) is 2.98. The molecule has 0 saturated carbocycles. The largest absolute Gasteiger partial charge is 0.351 e. The molecule has 0 radical (unpaired) electrons. The van der Waals surface area contributed by atoms with Gasteiger partial charge in [0.15, 0.2) is 0 Å². The molecule has 0 bridgehead atoms. The molecule has 0 amide bonds. The van der Waals surface area contributed by atoms with Crippen LogP contribution in [-0.2, 0) is 13.1 Å². The van der Waals surface area contributed by atoms with E-state index >= 15 is 0 Å². The highest BCUT2D eigenvalue weighted by molar-refractivity contribution is 5.07. The van der Waals surface area contributed by atoms with Crippen LogP contribution in [0.5, 0.6) is 0 Å². The Kier molecular flexibility index (Phi) is 4.42. The lowest BCUT2D eigenvalue weighted by Crippen LogP contribution is -2.42. The maximum atomic E-state index is 3.67. The molecule has 0 fully saturated rings. The molecule has 0 spiro atoms. The van der Waals surface area contributed by atoms with Crippen LogP contribution < -0.4 is 5.32 Å². The number of nitrogens with one attached hydrogen (secondary N) is 1. The SMILES string of the molecule is CCn1cccc1CNC(C)(C)CC(C)(C)C. The monoisotopic (exact) mass is 236 g/mol. The van der Waals surface area contributed by atoms with Gasteiger partial charge in [-0.15, -0.1) is 0 Å². The van der Waals surface area contributed by atoms with E-state index < -0.39 is 0 Å². The summed E-state index contributed by atoms with van der Waals surface area (Å²) in [6, 6.07) is 4.32. The molecule has 0 aliphatic carbocycles. The van der Waals surface area contributed by atoms with Crippen molar-refractivity contribution in [2.75, 3.05) is 0 Å². The molecular formula is C15H28N2. The number of nitrogens with zero attached hydrogens (tertiary/aromatic N) is 1. The molecular weight excluding hydrogens is 208 g/mol.